The van der Waals surface area contributed by atoms with Crippen LogP contribution in [0.4, 0.5) is 18.9 Å². The standard InChI is InChI=1S/C25H24F3N3O4/c1-3-25(34)13(2)35-20(11-21(25)32)14-9-10-29-12-19(14)31-24(33)18-8-7-17(28)23(30-18)22-15(26)5-4-6-16(22)27/h4-10,12-13,20-21,32,34H,3,11H2,1-2H3,(H,31,33)/t13-,20-,21-,25+/m0/s1. The zero-order valence-corrected chi connectivity index (χ0v) is 19.0. The first-order chi connectivity index (χ1) is 16.7. The fourth-order valence-electron chi connectivity index (χ4n) is 4.27. The number of hydrogen-bond donors (Lipinski definition) is 3. The summed E-state index contributed by atoms with van der Waals surface area (Å²) in [5, 5.41) is 23.8. The second kappa shape index (κ2) is 9.73. The van der Waals surface area contributed by atoms with Crippen molar-refractivity contribution in [2.45, 2.75) is 50.6 Å². The van der Waals surface area contributed by atoms with E-state index in [2.05, 4.69) is 15.3 Å². The van der Waals surface area contributed by atoms with Crippen LogP contribution < -0.4 is 5.32 Å². The monoisotopic (exact) mass is 487 g/mol. The Morgan fingerprint density at radius 3 is 2.54 bits per heavy atom. The van der Waals surface area contributed by atoms with Gasteiger partial charge in [0.05, 0.1) is 35.8 Å². The van der Waals surface area contributed by atoms with E-state index in [0.717, 1.165) is 30.3 Å². The Morgan fingerprint density at radius 2 is 1.89 bits per heavy atom. The first kappa shape index (κ1) is 24.8. The topological polar surface area (TPSA) is 105 Å². The maximum Gasteiger partial charge on any atom is 0.274 e. The van der Waals surface area contributed by atoms with Crippen molar-refractivity contribution in [3.63, 3.8) is 0 Å². The van der Waals surface area contributed by atoms with Gasteiger partial charge in [-0.25, -0.2) is 18.2 Å². The number of hydrogen-bond acceptors (Lipinski definition) is 6. The highest BCUT2D eigenvalue weighted by atomic mass is 19.1. The van der Waals surface area contributed by atoms with Gasteiger partial charge in [-0.2, -0.15) is 0 Å². The normalized spacial score (nSPS) is 24.3. The molecule has 1 aliphatic rings. The molecule has 1 aromatic carbocycles. The van der Waals surface area contributed by atoms with Crippen LogP contribution in [0.2, 0.25) is 0 Å². The van der Waals surface area contributed by atoms with Crippen LogP contribution in [-0.4, -0.2) is 43.9 Å². The number of ether oxygens (including phenoxy) is 1. The highest BCUT2D eigenvalue weighted by molar-refractivity contribution is 6.03. The Bertz CT molecular complexity index is 1220. The lowest BCUT2D eigenvalue weighted by molar-refractivity contribution is -0.224. The van der Waals surface area contributed by atoms with E-state index in [4.69, 9.17) is 4.74 Å². The van der Waals surface area contributed by atoms with Crippen LogP contribution in [0, 0.1) is 17.5 Å². The first-order valence-electron chi connectivity index (χ1n) is 11.1. The maximum atomic E-state index is 14.4. The summed E-state index contributed by atoms with van der Waals surface area (Å²) >= 11 is 0. The number of anilines is 1. The average molecular weight is 487 g/mol. The molecule has 0 bridgehead atoms. The Labute approximate surface area is 199 Å². The molecule has 3 N–H and O–H groups in total. The zero-order chi connectivity index (χ0) is 25.3. The minimum absolute atomic E-state index is 0.0765. The molecule has 7 nitrogen and oxygen atoms in total. The molecule has 184 valence electrons. The summed E-state index contributed by atoms with van der Waals surface area (Å²) in [6.45, 7) is 3.41. The predicted molar refractivity (Wildman–Crippen MR) is 121 cm³/mol. The number of nitrogens with zero attached hydrogens (tertiary/aromatic N) is 2. The molecule has 1 amide bonds. The molecule has 10 heteroatoms. The molecule has 0 spiro atoms. The van der Waals surface area contributed by atoms with Crippen molar-refractivity contribution >= 4 is 11.6 Å². The van der Waals surface area contributed by atoms with Gasteiger partial charge in [-0.1, -0.05) is 13.0 Å². The molecular weight excluding hydrogens is 463 g/mol. The summed E-state index contributed by atoms with van der Waals surface area (Å²) in [6.07, 6.45) is 0.825. The van der Waals surface area contributed by atoms with Crippen molar-refractivity contribution in [3.8, 4) is 11.3 Å². The number of benzene rings is 1. The lowest BCUT2D eigenvalue weighted by Crippen LogP contribution is -2.56. The van der Waals surface area contributed by atoms with Crippen molar-refractivity contribution in [1.29, 1.82) is 0 Å². The second-order valence-electron chi connectivity index (χ2n) is 8.40. The molecule has 4 rings (SSSR count). The van der Waals surface area contributed by atoms with E-state index >= 15 is 0 Å². The molecule has 2 aromatic heterocycles. The van der Waals surface area contributed by atoms with Crippen molar-refractivity contribution in [2.75, 3.05) is 5.32 Å². The summed E-state index contributed by atoms with van der Waals surface area (Å²) in [5.41, 5.74) is -2.25. The van der Waals surface area contributed by atoms with Crippen LogP contribution in [0.3, 0.4) is 0 Å². The van der Waals surface area contributed by atoms with Crippen LogP contribution in [0.25, 0.3) is 11.3 Å². The van der Waals surface area contributed by atoms with Crippen LogP contribution >= 0.6 is 0 Å². The van der Waals surface area contributed by atoms with E-state index < -0.39 is 58.5 Å². The molecule has 1 saturated heterocycles. The minimum atomic E-state index is -1.40. The molecular formula is C25H24F3N3O4. The number of carbonyl (C=O) groups excluding carboxylic acids is 1. The predicted octanol–water partition coefficient (Wildman–Crippen LogP) is 4.17. The summed E-state index contributed by atoms with van der Waals surface area (Å²) < 4.78 is 48.7. The van der Waals surface area contributed by atoms with Gasteiger partial charge in [-0.3, -0.25) is 9.78 Å². The molecule has 0 unspecified atom stereocenters. The lowest BCUT2D eigenvalue weighted by Gasteiger charge is -2.45. The van der Waals surface area contributed by atoms with Gasteiger partial charge in [0, 0.05) is 18.2 Å². The number of aromatic nitrogens is 2. The van der Waals surface area contributed by atoms with Crippen molar-refractivity contribution in [3.05, 3.63) is 77.5 Å². The number of nitrogens with one attached hydrogen (secondary N) is 1. The highest BCUT2D eigenvalue weighted by Crippen LogP contribution is 2.40. The van der Waals surface area contributed by atoms with E-state index in [1.807, 2.05) is 0 Å². The number of amides is 1. The van der Waals surface area contributed by atoms with E-state index in [-0.39, 0.29) is 17.8 Å². The third-order valence-corrected chi connectivity index (χ3v) is 6.38. The van der Waals surface area contributed by atoms with Crippen molar-refractivity contribution in [1.82, 2.24) is 9.97 Å². The zero-order valence-electron chi connectivity index (χ0n) is 19.0. The van der Waals surface area contributed by atoms with Crippen LogP contribution in [0.1, 0.15) is 48.8 Å². The van der Waals surface area contributed by atoms with Crippen molar-refractivity contribution in [2.24, 2.45) is 0 Å². The highest BCUT2D eigenvalue weighted by Gasteiger charge is 2.47. The van der Waals surface area contributed by atoms with Gasteiger partial charge < -0.3 is 20.3 Å². The fraction of sp³-hybridized carbons (Fsp3) is 0.320. The van der Waals surface area contributed by atoms with Gasteiger partial charge in [0.1, 0.15) is 34.4 Å². The minimum Gasteiger partial charge on any atom is -0.390 e. The third-order valence-electron chi connectivity index (χ3n) is 6.38. The van der Waals surface area contributed by atoms with Gasteiger partial charge in [-0.15, -0.1) is 0 Å². The Balaban J connectivity index is 1.62. The molecule has 0 aliphatic carbocycles. The molecule has 3 aromatic rings. The molecule has 0 radical (unpaired) electrons. The number of pyridine rings is 2. The van der Waals surface area contributed by atoms with Gasteiger partial charge >= 0.3 is 0 Å². The van der Waals surface area contributed by atoms with Crippen molar-refractivity contribution < 1.29 is 32.9 Å². The van der Waals surface area contributed by atoms with Gasteiger partial charge in [0.2, 0.25) is 0 Å². The maximum absolute atomic E-state index is 14.4. The van der Waals surface area contributed by atoms with Crippen LogP contribution in [0.15, 0.2) is 48.8 Å². The molecule has 4 atom stereocenters. The third kappa shape index (κ3) is 4.64. The van der Waals surface area contributed by atoms with Crippen LogP contribution in [0.5, 0.6) is 0 Å². The Morgan fingerprint density at radius 1 is 1.17 bits per heavy atom. The second-order valence-corrected chi connectivity index (χ2v) is 8.40. The Kier molecular flexibility index (Phi) is 6.88. The van der Waals surface area contributed by atoms with Crippen LogP contribution in [-0.2, 0) is 4.74 Å². The van der Waals surface area contributed by atoms with Gasteiger partial charge in [-0.05, 0) is 43.7 Å². The number of halogens is 3. The molecule has 3 heterocycles. The average Bonchev–Trinajstić information content (AvgIpc) is 2.83. The number of aliphatic hydroxyl groups is 2. The summed E-state index contributed by atoms with van der Waals surface area (Å²) in [7, 11) is 0. The van der Waals surface area contributed by atoms with E-state index in [1.165, 1.54) is 12.4 Å². The summed E-state index contributed by atoms with van der Waals surface area (Å²) in [5.74, 6) is -3.79. The van der Waals surface area contributed by atoms with E-state index in [9.17, 15) is 28.2 Å². The lowest BCUT2D eigenvalue weighted by atomic mass is 9.81. The smallest absolute Gasteiger partial charge is 0.274 e. The summed E-state index contributed by atoms with van der Waals surface area (Å²) in [6, 6.07) is 6.67. The summed E-state index contributed by atoms with van der Waals surface area (Å²) in [4.78, 5) is 20.8. The van der Waals surface area contributed by atoms with E-state index in [0.29, 0.717) is 12.0 Å². The van der Waals surface area contributed by atoms with Gasteiger partial charge in [0.15, 0.2) is 0 Å². The number of rotatable bonds is 5. The Hall–Kier alpha value is -3.34. The molecule has 1 fully saturated rings. The molecule has 1 aliphatic heterocycles. The SMILES string of the molecule is CC[C@@]1(O)[C@H](C)O[C@H](c2ccncc2NC(=O)c2ccc(F)c(-c3c(F)cccc3F)n2)C[C@@H]1O. The van der Waals surface area contributed by atoms with E-state index in [1.54, 1.807) is 19.9 Å². The largest absolute Gasteiger partial charge is 0.390 e. The van der Waals surface area contributed by atoms with Gasteiger partial charge in [0.25, 0.3) is 5.91 Å². The molecule has 0 saturated carbocycles. The quantitative estimate of drug-likeness (QED) is 0.499. The number of aliphatic hydroxyl groups excluding tert-OH is 1. The first-order valence-corrected chi connectivity index (χ1v) is 11.1. The fourth-order valence-corrected chi connectivity index (χ4v) is 4.27. The number of carbonyl (C=O) groups is 1. The molecule has 35 heavy (non-hydrogen) atoms.